The van der Waals surface area contributed by atoms with Crippen molar-refractivity contribution in [3.63, 3.8) is 0 Å². The van der Waals surface area contributed by atoms with Crippen LogP contribution in [0.25, 0.3) is 28.9 Å². The number of aryl methyl sites for hydroxylation is 1. The van der Waals surface area contributed by atoms with Crippen LogP contribution in [0.5, 0.6) is 0 Å². The third-order valence-corrected chi connectivity index (χ3v) is 4.31. The summed E-state index contributed by atoms with van der Waals surface area (Å²) in [7, 11) is 1.64. The summed E-state index contributed by atoms with van der Waals surface area (Å²) < 4.78 is 7.52. The van der Waals surface area contributed by atoms with E-state index in [1.54, 1.807) is 13.2 Å². The smallest absolute Gasteiger partial charge is 0.183 e. The molecule has 0 saturated heterocycles. The fraction of sp³-hybridized carbons (Fsp3) is 0.211. The summed E-state index contributed by atoms with van der Waals surface area (Å²) in [6, 6.07) is 7.59. The molecule has 0 bridgehead atoms. The van der Waals surface area contributed by atoms with E-state index in [1.807, 2.05) is 48.6 Å². The highest BCUT2D eigenvalue weighted by molar-refractivity contribution is 6.33. The van der Waals surface area contributed by atoms with Gasteiger partial charge in [-0.15, -0.1) is 16.8 Å². The van der Waals surface area contributed by atoms with Crippen LogP contribution in [0.15, 0.2) is 36.9 Å². The van der Waals surface area contributed by atoms with Crippen LogP contribution < -0.4 is 10.7 Å². The zero-order valence-corrected chi connectivity index (χ0v) is 15.2. The molecule has 0 aliphatic carbocycles. The van der Waals surface area contributed by atoms with E-state index in [-0.39, 0.29) is 0 Å². The Morgan fingerprint density at radius 2 is 2.08 bits per heavy atom. The van der Waals surface area contributed by atoms with Crippen LogP contribution in [0.1, 0.15) is 19.0 Å². The maximum atomic E-state index is 6.38. The van der Waals surface area contributed by atoms with Crippen LogP contribution in [-0.2, 0) is 4.74 Å². The first-order valence-corrected chi connectivity index (χ1v) is 8.31. The van der Waals surface area contributed by atoms with Gasteiger partial charge in [0.15, 0.2) is 11.5 Å². The van der Waals surface area contributed by atoms with Crippen LogP contribution in [0, 0.1) is 6.92 Å². The molecule has 0 amide bonds. The van der Waals surface area contributed by atoms with Gasteiger partial charge >= 0.3 is 0 Å². The summed E-state index contributed by atoms with van der Waals surface area (Å²) in [5, 5.41) is 10.9. The van der Waals surface area contributed by atoms with Gasteiger partial charge in [-0.3, -0.25) is 4.40 Å². The number of rotatable bonds is 4. The van der Waals surface area contributed by atoms with Gasteiger partial charge in [0, 0.05) is 12.0 Å². The molecule has 3 rings (SSSR count). The van der Waals surface area contributed by atoms with Gasteiger partial charge in [-0.25, -0.2) is 4.98 Å². The Labute approximate surface area is 151 Å². The first-order chi connectivity index (χ1) is 12.1. The Bertz CT molecular complexity index is 1070. The molecule has 0 spiro atoms. The Morgan fingerprint density at radius 3 is 2.72 bits per heavy atom. The minimum atomic E-state index is 0.582. The number of aromatic nitrogens is 4. The van der Waals surface area contributed by atoms with Crippen molar-refractivity contribution in [2.45, 2.75) is 20.3 Å². The molecule has 0 atom stereocenters. The highest BCUT2D eigenvalue weighted by Gasteiger charge is 2.15. The lowest BCUT2D eigenvalue weighted by Gasteiger charge is -2.08. The molecule has 0 N–H and O–H groups in total. The van der Waals surface area contributed by atoms with Crippen molar-refractivity contribution in [2.75, 3.05) is 7.11 Å². The number of nitrogens with zero attached hydrogens (tertiary/aromatic N) is 4. The van der Waals surface area contributed by atoms with E-state index in [0.717, 1.165) is 27.7 Å². The minimum absolute atomic E-state index is 0.582. The monoisotopic (exact) mass is 354 g/mol. The maximum absolute atomic E-state index is 6.38. The zero-order valence-electron chi connectivity index (χ0n) is 14.5. The Balaban J connectivity index is 2.52. The second-order valence-corrected chi connectivity index (χ2v) is 5.91. The average molecular weight is 355 g/mol. The summed E-state index contributed by atoms with van der Waals surface area (Å²) in [6.45, 7) is 7.65. The molecule has 0 radical (unpaired) electrons. The minimum Gasteiger partial charge on any atom is -0.498 e. The molecular weight excluding hydrogens is 336 g/mol. The van der Waals surface area contributed by atoms with E-state index in [4.69, 9.17) is 21.3 Å². The van der Waals surface area contributed by atoms with E-state index < -0.39 is 0 Å². The lowest BCUT2D eigenvalue weighted by molar-refractivity contribution is 0.352. The van der Waals surface area contributed by atoms with Crippen LogP contribution >= 0.6 is 11.6 Å². The molecule has 3 aromatic rings. The Morgan fingerprint density at radius 1 is 1.32 bits per heavy atom. The van der Waals surface area contributed by atoms with Crippen molar-refractivity contribution in [3.05, 3.63) is 58.3 Å². The Kier molecular flexibility index (Phi) is 4.86. The van der Waals surface area contributed by atoms with Crippen molar-refractivity contribution in [3.8, 4) is 11.4 Å². The fourth-order valence-corrected chi connectivity index (χ4v) is 3.04. The van der Waals surface area contributed by atoms with Crippen LogP contribution in [0.3, 0.4) is 0 Å². The van der Waals surface area contributed by atoms with Gasteiger partial charge < -0.3 is 4.74 Å². The molecule has 5 nitrogen and oxygen atoms in total. The normalized spacial score (nSPS) is 13.2. The van der Waals surface area contributed by atoms with Crippen molar-refractivity contribution in [1.29, 1.82) is 0 Å². The number of benzene rings is 1. The largest absolute Gasteiger partial charge is 0.498 e. The highest BCUT2D eigenvalue weighted by Crippen LogP contribution is 2.25. The van der Waals surface area contributed by atoms with Crippen LogP contribution in [0.2, 0.25) is 5.02 Å². The maximum Gasteiger partial charge on any atom is 0.183 e. The van der Waals surface area contributed by atoms with Crippen LogP contribution in [0.4, 0.5) is 0 Å². The second-order valence-electron chi connectivity index (χ2n) is 5.50. The van der Waals surface area contributed by atoms with Crippen molar-refractivity contribution in [1.82, 2.24) is 19.6 Å². The average Bonchev–Trinajstić information content (AvgIpc) is 3.05. The molecule has 25 heavy (non-hydrogen) atoms. The van der Waals surface area contributed by atoms with Gasteiger partial charge in [-0.05, 0) is 26.0 Å². The van der Waals surface area contributed by atoms with E-state index in [2.05, 4.69) is 16.8 Å². The van der Waals surface area contributed by atoms with Crippen molar-refractivity contribution < 1.29 is 4.74 Å². The van der Waals surface area contributed by atoms with E-state index >= 15 is 0 Å². The number of methoxy groups -OCH3 is 1. The first kappa shape index (κ1) is 17.2. The van der Waals surface area contributed by atoms with Crippen LogP contribution in [-0.4, -0.2) is 26.7 Å². The van der Waals surface area contributed by atoms with Gasteiger partial charge in [-0.1, -0.05) is 35.9 Å². The number of hydrogen-bond acceptors (Lipinski definition) is 4. The molecule has 6 heteroatoms. The molecule has 2 heterocycles. The summed E-state index contributed by atoms with van der Waals surface area (Å²) >= 11 is 6.38. The van der Waals surface area contributed by atoms with Gasteiger partial charge in [0.1, 0.15) is 11.1 Å². The number of hydrogen-bond donors (Lipinski definition) is 0. The quantitative estimate of drug-likeness (QED) is 0.676. The predicted molar refractivity (Wildman–Crippen MR) is 101 cm³/mol. The summed E-state index contributed by atoms with van der Waals surface area (Å²) in [5.41, 5.74) is 2.28. The second kappa shape index (κ2) is 7.07. The lowest BCUT2D eigenvalue weighted by Crippen LogP contribution is -2.37. The lowest BCUT2D eigenvalue weighted by atomic mass is 10.2. The molecule has 0 unspecified atom stereocenters. The first-order valence-electron chi connectivity index (χ1n) is 7.93. The van der Waals surface area contributed by atoms with E-state index in [9.17, 15) is 0 Å². The van der Waals surface area contributed by atoms with E-state index in [0.29, 0.717) is 22.9 Å². The standard InChI is InChI=1S/C19H19ClN4O/c1-5-9-16(25-4)17-15(6-2)24-18(12(3)21-17)22-23-19(24)13-10-7-8-11-14(13)20/h5-8,10-11H,1,9H2,2-4H3. The topological polar surface area (TPSA) is 52.3 Å². The molecule has 1 aromatic carbocycles. The predicted octanol–water partition coefficient (Wildman–Crippen LogP) is 2.88. The number of fused-ring (bicyclic) bond motifs is 1. The molecule has 0 saturated carbocycles. The Hall–Kier alpha value is -2.66. The molecule has 128 valence electrons. The third kappa shape index (κ3) is 2.91. The van der Waals surface area contributed by atoms with Gasteiger partial charge in [0.25, 0.3) is 0 Å². The summed E-state index contributed by atoms with van der Waals surface area (Å²) in [5.74, 6) is 1.42. The highest BCUT2D eigenvalue weighted by atomic mass is 35.5. The van der Waals surface area contributed by atoms with Crippen molar-refractivity contribution in [2.24, 2.45) is 0 Å². The molecular formula is C19H19ClN4O. The van der Waals surface area contributed by atoms with Gasteiger partial charge in [0.05, 0.1) is 23.2 Å². The van der Waals surface area contributed by atoms with Gasteiger partial charge in [0.2, 0.25) is 0 Å². The third-order valence-electron chi connectivity index (χ3n) is 3.98. The van der Waals surface area contributed by atoms with Crippen molar-refractivity contribution >= 4 is 29.1 Å². The molecule has 2 aromatic heterocycles. The fourth-order valence-electron chi connectivity index (χ4n) is 2.82. The zero-order chi connectivity index (χ0) is 18.0. The molecule has 0 aliphatic rings. The summed E-state index contributed by atoms with van der Waals surface area (Å²) in [6.07, 6.45) is 4.35. The SMILES string of the molecule is C=CCC(OC)=c1nc(C)c2nnc(-c3ccccc3Cl)n2c1=CC. The van der Waals surface area contributed by atoms with Gasteiger partial charge in [-0.2, -0.15) is 0 Å². The summed E-state index contributed by atoms with van der Waals surface area (Å²) in [4.78, 5) is 4.69. The molecule has 0 aliphatic heterocycles. The number of halogens is 1. The molecule has 0 fully saturated rings. The number of ether oxygens (including phenoxy) is 1. The van der Waals surface area contributed by atoms with E-state index in [1.165, 1.54) is 0 Å².